The molecule has 0 saturated carbocycles. The first-order valence-electron chi connectivity index (χ1n) is 7.84. The van der Waals surface area contributed by atoms with Gasteiger partial charge in [-0.25, -0.2) is 9.78 Å². The van der Waals surface area contributed by atoms with E-state index in [1.54, 1.807) is 23.1 Å². The van der Waals surface area contributed by atoms with Gasteiger partial charge >= 0.3 is 5.97 Å². The van der Waals surface area contributed by atoms with Crippen molar-refractivity contribution in [3.63, 3.8) is 0 Å². The lowest BCUT2D eigenvalue weighted by atomic mass is 10.00. The van der Waals surface area contributed by atoms with Gasteiger partial charge in [0.15, 0.2) is 6.61 Å². The number of ether oxygens (including phenoxy) is 1. The summed E-state index contributed by atoms with van der Waals surface area (Å²) in [6.07, 6.45) is 4.36. The topological polar surface area (TPSA) is 59.5 Å². The number of rotatable bonds is 4. The normalized spacial score (nSPS) is 14.0. The number of hydrogen-bond donors (Lipinski definition) is 0. The third-order valence-corrected chi connectivity index (χ3v) is 3.91. The van der Waals surface area contributed by atoms with Crippen molar-refractivity contribution in [2.24, 2.45) is 0 Å². The van der Waals surface area contributed by atoms with Gasteiger partial charge in [0, 0.05) is 19.3 Å². The molecule has 0 radical (unpaired) electrons. The average Bonchev–Trinajstić information content (AvgIpc) is 2.67. The highest BCUT2D eigenvalue weighted by atomic mass is 16.5. The van der Waals surface area contributed by atoms with E-state index >= 15 is 0 Å². The Balaban J connectivity index is 1.52. The Bertz CT molecular complexity index is 742. The van der Waals surface area contributed by atoms with Crippen molar-refractivity contribution in [2.75, 3.05) is 19.7 Å². The molecule has 24 heavy (non-hydrogen) atoms. The molecule has 5 heteroatoms. The van der Waals surface area contributed by atoms with Crippen LogP contribution in [0.5, 0.6) is 0 Å². The molecule has 2 aromatic rings. The van der Waals surface area contributed by atoms with Gasteiger partial charge in [-0.15, -0.1) is 0 Å². The highest BCUT2D eigenvalue weighted by molar-refractivity contribution is 5.89. The highest BCUT2D eigenvalue weighted by Crippen LogP contribution is 2.21. The zero-order chi connectivity index (χ0) is 16.8. The molecule has 0 fully saturated rings. The lowest BCUT2D eigenvalue weighted by Gasteiger charge is -2.26. The molecule has 1 amide bonds. The molecule has 122 valence electrons. The zero-order valence-electron chi connectivity index (χ0n) is 13.2. The number of benzene rings is 1. The van der Waals surface area contributed by atoms with Crippen LogP contribution in [0.1, 0.15) is 22.5 Å². The van der Waals surface area contributed by atoms with Crippen LogP contribution in [0, 0.1) is 0 Å². The van der Waals surface area contributed by atoms with E-state index in [9.17, 15) is 9.59 Å². The van der Waals surface area contributed by atoms with Gasteiger partial charge in [0.05, 0.1) is 0 Å². The number of amides is 1. The number of carbonyl (C=O) groups is 2. The second-order valence-corrected chi connectivity index (χ2v) is 5.48. The minimum Gasteiger partial charge on any atom is -0.451 e. The Morgan fingerprint density at radius 1 is 1.08 bits per heavy atom. The molecular formula is C19H18N2O3. The van der Waals surface area contributed by atoms with Crippen LogP contribution in [0.2, 0.25) is 0 Å². The van der Waals surface area contributed by atoms with Gasteiger partial charge in [0.2, 0.25) is 0 Å². The Labute approximate surface area is 140 Å². The Kier molecular flexibility index (Phi) is 5.01. The molecule has 1 aromatic heterocycles. The number of aromatic nitrogens is 1. The first-order chi connectivity index (χ1) is 11.7. The lowest BCUT2D eigenvalue weighted by molar-refractivity contribution is -0.134. The van der Waals surface area contributed by atoms with Crippen LogP contribution in [0.4, 0.5) is 0 Å². The monoisotopic (exact) mass is 322 g/mol. The Hall–Kier alpha value is -2.95. The molecule has 0 unspecified atom stereocenters. The van der Waals surface area contributed by atoms with Gasteiger partial charge in [0.1, 0.15) is 5.69 Å². The van der Waals surface area contributed by atoms with Crippen LogP contribution in [-0.4, -0.2) is 41.5 Å². The summed E-state index contributed by atoms with van der Waals surface area (Å²) < 4.78 is 5.04. The summed E-state index contributed by atoms with van der Waals surface area (Å²) in [4.78, 5) is 29.6. The average molecular weight is 322 g/mol. The number of carbonyl (C=O) groups excluding carboxylic acids is 2. The zero-order valence-corrected chi connectivity index (χ0v) is 13.2. The number of nitrogens with zero attached hydrogens (tertiary/aromatic N) is 2. The first kappa shape index (κ1) is 15.9. The van der Waals surface area contributed by atoms with E-state index in [4.69, 9.17) is 4.74 Å². The van der Waals surface area contributed by atoms with Crippen molar-refractivity contribution in [3.8, 4) is 0 Å². The summed E-state index contributed by atoms with van der Waals surface area (Å²) in [7, 11) is 0. The van der Waals surface area contributed by atoms with E-state index in [2.05, 4.69) is 23.2 Å². The molecule has 0 saturated heterocycles. The molecule has 3 rings (SSSR count). The van der Waals surface area contributed by atoms with E-state index in [0.717, 1.165) is 6.42 Å². The van der Waals surface area contributed by atoms with E-state index < -0.39 is 5.97 Å². The van der Waals surface area contributed by atoms with Crippen LogP contribution < -0.4 is 0 Å². The third-order valence-electron chi connectivity index (χ3n) is 3.91. The maximum Gasteiger partial charge on any atom is 0.357 e. The minimum absolute atomic E-state index is 0.192. The van der Waals surface area contributed by atoms with Crippen LogP contribution in [0.3, 0.4) is 0 Å². The summed E-state index contributed by atoms with van der Waals surface area (Å²) >= 11 is 0. The second kappa shape index (κ2) is 7.55. The molecule has 0 bridgehead atoms. The minimum atomic E-state index is -0.582. The van der Waals surface area contributed by atoms with Crippen molar-refractivity contribution < 1.29 is 14.3 Å². The maximum absolute atomic E-state index is 12.2. The summed E-state index contributed by atoms with van der Waals surface area (Å²) in [6.45, 7) is 0.898. The maximum atomic E-state index is 12.2. The smallest absolute Gasteiger partial charge is 0.357 e. The predicted octanol–water partition coefficient (Wildman–Crippen LogP) is 2.55. The van der Waals surface area contributed by atoms with Gasteiger partial charge in [-0.1, -0.05) is 42.5 Å². The van der Waals surface area contributed by atoms with Crippen LogP contribution in [-0.2, 0) is 9.53 Å². The molecular weight excluding hydrogens is 304 g/mol. The fraction of sp³-hybridized carbons (Fsp3) is 0.211. The first-order valence-corrected chi connectivity index (χ1v) is 7.84. The fourth-order valence-corrected chi connectivity index (χ4v) is 2.59. The van der Waals surface area contributed by atoms with E-state index in [-0.39, 0.29) is 18.2 Å². The number of hydrogen-bond acceptors (Lipinski definition) is 4. The van der Waals surface area contributed by atoms with Gasteiger partial charge in [-0.2, -0.15) is 0 Å². The summed E-state index contributed by atoms with van der Waals surface area (Å²) in [6, 6.07) is 15.1. The van der Waals surface area contributed by atoms with Crippen molar-refractivity contribution in [1.29, 1.82) is 0 Å². The molecule has 0 aliphatic carbocycles. The molecule has 1 aliphatic rings. The Morgan fingerprint density at radius 3 is 2.54 bits per heavy atom. The molecule has 1 aliphatic heterocycles. The summed E-state index contributed by atoms with van der Waals surface area (Å²) in [5.41, 5.74) is 2.63. The van der Waals surface area contributed by atoms with Crippen molar-refractivity contribution in [3.05, 3.63) is 72.1 Å². The van der Waals surface area contributed by atoms with E-state index in [1.165, 1.54) is 17.3 Å². The van der Waals surface area contributed by atoms with Crippen molar-refractivity contribution >= 4 is 17.4 Å². The molecule has 1 aromatic carbocycles. The predicted molar refractivity (Wildman–Crippen MR) is 90.1 cm³/mol. The van der Waals surface area contributed by atoms with Gasteiger partial charge in [-0.3, -0.25) is 4.79 Å². The van der Waals surface area contributed by atoms with Gasteiger partial charge in [0.25, 0.3) is 5.91 Å². The largest absolute Gasteiger partial charge is 0.451 e. The third kappa shape index (κ3) is 3.87. The standard InChI is InChI=1S/C19H18N2O3/c22-18(14-24-19(23)17-8-4-5-11-20-17)21-12-9-16(10-13-21)15-6-2-1-3-7-15/h1-9,11H,10,12-14H2. The van der Waals surface area contributed by atoms with Crippen LogP contribution >= 0.6 is 0 Å². The quantitative estimate of drug-likeness (QED) is 0.812. The van der Waals surface area contributed by atoms with Crippen molar-refractivity contribution in [2.45, 2.75) is 6.42 Å². The van der Waals surface area contributed by atoms with E-state index in [1.807, 2.05) is 18.2 Å². The van der Waals surface area contributed by atoms with Gasteiger partial charge < -0.3 is 9.64 Å². The second-order valence-electron chi connectivity index (χ2n) is 5.48. The molecule has 5 nitrogen and oxygen atoms in total. The van der Waals surface area contributed by atoms with Gasteiger partial charge in [-0.05, 0) is 29.7 Å². The van der Waals surface area contributed by atoms with Crippen LogP contribution in [0.25, 0.3) is 5.57 Å². The number of pyridine rings is 1. The molecule has 0 N–H and O–H groups in total. The fourth-order valence-electron chi connectivity index (χ4n) is 2.59. The lowest BCUT2D eigenvalue weighted by Crippen LogP contribution is -2.37. The summed E-state index contributed by atoms with van der Waals surface area (Å²) in [5.74, 6) is -0.774. The highest BCUT2D eigenvalue weighted by Gasteiger charge is 2.19. The number of esters is 1. The van der Waals surface area contributed by atoms with E-state index in [0.29, 0.717) is 13.1 Å². The Morgan fingerprint density at radius 2 is 1.88 bits per heavy atom. The van der Waals surface area contributed by atoms with Crippen LogP contribution in [0.15, 0.2) is 60.8 Å². The molecule has 2 heterocycles. The summed E-state index contributed by atoms with van der Waals surface area (Å²) in [5, 5.41) is 0. The SMILES string of the molecule is O=C(OCC(=O)N1CC=C(c2ccccc2)CC1)c1ccccn1. The molecule has 0 atom stereocenters. The molecule has 0 spiro atoms. The van der Waals surface area contributed by atoms with Crippen molar-refractivity contribution in [1.82, 2.24) is 9.88 Å².